The van der Waals surface area contributed by atoms with Crippen LogP contribution in [-0.4, -0.2) is 11.7 Å². The molecule has 0 heterocycles. The zero-order valence-electron chi connectivity index (χ0n) is 9.77. The van der Waals surface area contributed by atoms with Gasteiger partial charge in [0.1, 0.15) is 5.54 Å². The van der Waals surface area contributed by atoms with E-state index in [1.807, 2.05) is 24.3 Å². The monoisotopic (exact) mass is 243 g/mol. The number of hydrogen-bond acceptors (Lipinski definition) is 1. The second-order valence-electron chi connectivity index (χ2n) is 4.60. The molecule has 1 saturated carbocycles. The summed E-state index contributed by atoms with van der Waals surface area (Å²) < 4.78 is 38.0. The van der Waals surface area contributed by atoms with Crippen LogP contribution >= 0.6 is 0 Å². The predicted molar refractivity (Wildman–Crippen MR) is 60.7 cm³/mol. The van der Waals surface area contributed by atoms with Crippen LogP contribution in [0.2, 0.25) is 0 Å². The van der Waals surface area contributed by atoms with Crippen molar-refractivity contribution in [3.8, 4) is 0 Å². The third kappa shape index (κ3) is 2.63. The van der Waals surface area contributed by atoms with Crippen LogP contribution in [0.25, 0.3) is 0 Å². The molecule has 0 aromatic heterocycles. The number of nitrogens with one attached hydrogen (secondary N) is 1. The third-order valence-electron chi connectivity index (χ3n) is 3.35. The average molecular weight is 243 g/mol. The molecule has 2 rings (SSSR count). The van der Waals surface area contributed by atoms with Crippen LogP contribution in [0.3, 0.4) is 0 Å². The van der Waals surface area contributed by atoms with Crippen LogP contribution in [-0.2, 0) is 13.0 Å². The van der Waals surface area contributed by atoms with Gasteiger partial charge in [0.05, 0.1) is 0 Å². The molecule has 0 aliphatic heterocycles. The highest BCUT2D eigenvalue weighted by molar-refractivity contribution is 5.23. The molecule has 0 bridgehead atoms. The maximum absolute atomic E-state index is 12.7. The summed E-state index contributed by atoms with van der Waals surface area (Å²) in [4.78, 5) is 0. The van der Waals surface area contributed by atoms with Crippen molar-refractivity contribution < 1.29 is 13.2 Å². The van der Waals surface area contributed by atoms with Gasteiger partial charge in [-0.25, -0.2) is 0 Å². The van der Waals surface area contributed by atoms with Crippen molar-refractivity contribution in [2.24, 2.45) is 0 Å². The Morgan fingerprint density at radius 1 is 1.12 bits per heavy atom. The minimum Gasteiger partial charge on any atom is -0.299 e. The summed E-state index contributed by atoms with van der Waals surface area (Å²) in [5, 5.41) is 2.64. The first-order valence-electron chi connectivity index (χ1n) is 5.86. The van der Waals surface area contributed by atoms with E-state index in [1.54, 1.807) is 0 Å². The highest BCUT2D eigenvalue weighted by Crippen LogP contribution is 2.49. The molecule has 1 N–H and O–H groups in total. The van der Waals surface area contributed by atoms with Crippen LogP contribution in [0.15, 0.2) is 24.3 Å². The van der Waals surface area contributed by atoms with Crippen molar-refractivity contribution in [2.75, 3.05) is 0 Å². The number of alkyl halides is 3. The maximum atomic E-state index is 12.7. The lowest BCUT2D eigenvalue weighted by molar-refractivity contribution is -0.166. The van der Waals surface area contributed by atoms with Crippen molar-refractivity contribution in [3.63, 3.8) is 0 Å². The molecule has 0 atom stereocenters. The number of benzene rings is 1. The lowest BCUT2D eigenvalue weighted by atomic mass is 10.1. The molecule has 1 aromatic carbocycles. The normalized spacial score (nSPS) is 18.1. The van der Waals surface area contributed by atoms with Crippen LogP contribution < -0.4 is 5.32 Å². The summed E-state index contributed by atoms with van der Waals surface area (Å²) in [6.45, 7) is 2.33. The Kier molecular flexibility index (Phi) is 3.17. The maximum Gasteiger partial charge on any atom is 0.406 e. The fourth-order valence-electron chi connectivity index (χ4n) is 1.85. The fraction of sp³-hybridized carbons (Fsp3) is 0.538. The minimum absolute atomic E-state index is 0.198. The second kappa shape index (κ2) is 4.33. The molecule has 1 fully saturated rings. The summed E-state index contributed by atoms with van der Waals surface area (Å²) >= 11 is 0. The Labute approximate surface area is 99.0 Å². The number of halogens is 3. The van der Waals surface area contributed by atoms with Gasteiger partial charge in [-0.15, -0.1) is 0 Å². The molecule has 1 aliphatic carbocycles. The number of rotatable bonds is 4. The standard InChI is InChI=1S/C13H16F3N/c1-2-10-3-5-11(6-4-10)9-17-12(7-8-12)13(14,15)16/h3-6,17H,2,7-9H2,1H3. The first-order chi connectivity index (χ1) is 7.97. The molecule has 1 nitrogen and oxygen atoms in total. The van der Waals surface area contributed by atoms with Gasteiger partial charge in [-0.3, -0.25) is 5.32 Å². The molecule has 0 saturated heterocycles. The highest BCUT2D eigenvalue weighted by atomic mass is 19.4. The molecule has 0 radical (unpaired) electrons. The molecule has 17 heavy (non-hydrogen) atoms. The van der Waals surface area contributed by atoms with E-state index in [2.05, 4.69) is 12.2 Å². The Hall–Kier alpha value is -1.03. The Morgan fingerprint density at radius 2 is 1.65 bits per heavy atom. The van der Waals surface area contributed by atoms with Crippen LogP contribution in [0.1, 0.15) is 30.9 Å². The van der Waals surface area contributed by atoms with Gasteiger partial charge in [-0.1, -0.05) is 31.2 Å². The van der Waals surface area contributed by atoms with Crippen molar-refractivity contribution in [3.05, 3.63) is 35.4 Å². The third-order valence-corrected chi connectivity index (χ3v) is 3.35. The van der Waals surface area contributed by atoms with E-state index in [4.69, 9.17) is 0 Å². The summed E-state index contributed by atoms with van der Waals surface area (Å²) in [6, 6.07) is 7.70. The van der Waals surface area contributed by atoms with Gasteiger partial charge >= 0.3 is 6.18 Å². The first-order valence-corrected chi connectivity index (χ1v) is 5.86. The van der Waals surface area contributed by atoms with Crippen LogP contribution in [0.4, 0.5) is 13.2 Å². The molecule has 1 aliphatic rings. The minimum atomic E-state index is -4.13. The molecule has 0 amide bonds. The van der Waals surface area contributed by atoms with E-state index in [9.17, 15) is 13.2 Å². The SMILES string of the molecule is CCc1ccc(CNC2(C(F)(F)F)CC2)cc1. The van der Waals surface area contributed by atoms with Gasteiger partial charge in [0.25, 0.3) is 0 Å². The topological polar surface area (TPSA) is 12.0 Å². The van der Waals surface area contributed by atoms with Gasteiger partial charge in [0, 0.05) is 6.54 Å². The summed E-state index contributed by atoms with van der Waals surface area (Å²) in [5.41, 5.74) is 0.486. The van der Waals surface area contributed by atoms with E-state index in [-0.39, 0.29) is 19.4 Å². The summed E-state index contributed by atoms with van der Waals surface area (Å²) in [6.07, 6.45) is -2.79. The zero-order valence-corrected chi connectivity index (χ0v) is 9.77. The molecule has 94 valence electrons. The zero-order chi connectivity index (χ0) is 12.5. The molecule has 0 unspecified atom stereocenters. The fourth-order valence-corrected chi connectivity index (χ4v) is 1.85. The van der Waals surface area contributed by atoms with E-state index in [0.29, 0.717) is 0 Å². The van der Waals surface area contributed by atoms with E-state index < -0.39 is 11.7 Å². The van der Waals surface area contributed by atoms with Crippen LogP contribution in [0.5, 0.6) is 0 Å². The lowest BCUT2D eigenvalue weighted by Gasteiger charge is -2.20. The Bertz CT molecular complexity index is 377. The Balaban J connectivity index is 1.94. The van der Waals surface area contributed by atoms with Gasteiger partial charge in [0.2, 0.25) is 0 Å². The van der Waals surface area contributed by atoms with Gasteiger partial charge in [-0.05, 0) is 30.4 Å². The number of aryl methyl sites for hydroxylation is 1. The number of hydrogen-bond donors (Lipinski definition) is 1. The van der Waals surface area contributed by atoms with Crippen molar-refractivity contribution >= 4 is 0 Å². The molecule has 4 heteroatoms. The highest BCUT2D eigenvalue weighted by Gasteiger charge is 2.62. The van der Waals surface area contributed by atoms with E-state index in [0.717, 1.165) is 12.0 Å². The van der Waals surface area contributed by atoms with Gasteiger partial charge in [-0.2, -0.15) is 13.2 Å². The quantitative estimate of drug-likeness (QED) is 0.854. The molecular formula is C13H16F3N. The lowest BCUT2D eigenvalue weighted by Crippen LogP contribution is -2.44. The Morgan fingerprint density at radius 3 is 2.06 bits per heavy atom. The predicted octanol–water partition coefficient (Wildman–Crippen LogP) is 3.43. The molecule has 1 aromatic rings. The van der Waals surface area contributed by atoms with E-state index in [1.165, 1.54) is 5.56 Å². The van der Waals surface area contributed by atoms with Gasteiger partial charge in [0.15, 0.2) is 0 Å². The smallest absolute Gasteiger partial charge is 0.299 e. The van der Waals surface area contributed by atoms with Gasteiger partial charge < -0.3 is 0 Å². The summed E-state index contributed by atoms with van der Waals surface area (Å²) in [5.74, 6) is 0. The summed E-state index contributed by atoms with van der Waals surface area (Å²) in [7, 11) is 0. The second-order valence-corrected chi connectivity index (χ2v) is 4.60. The van der Waals surface area contributed by atoms with Crippen molar-refractivity contribution in [2.45, 2.75) is 44.4 Å². The van der Waals surface area contributed by atoms with Crippen LogP contribution in [0, 0.1) is 0 Å². The molecule has 0 spiro atoms. The van der Waals surface area contributed by atoms with Crippen molar-refractivity contribution in [1.82, 2.24) is 5.32 Å². The largest absolute Gasteiger partial charge is 0.406 e. The van der Waals surface area contributed by atoms with E-state index >= 15 is 0 Å². The van der Waals surface area contributed by atoms with Crippen molar-refractivity contribution in [1.29, 1.82) is 0 Å². The molecular weight excluding hydrogens is 227 g/mol. The average Bonchev–Trinajstić information content (AvgIpc) is 3.07. The first kappa shape index (κ1) is 12.4.